The number of aromatic nitrogens is 2. The van der Waals surface area contributed by atoms with Crippen LogP contribution in [0.15, 0.2) is 4.79 Å². The summed E-state index contributed by atoms with van der Waals surface area (Å²) in [7, 11) is 0. The van der Waals surface area contributed by atoms with Gasteiger partial charge in [0.2, 0.25) is 0 Å². The van der Waals surface area contributed by atoms with Gasteiger partial charge in [0, 0.05) is 5.92 Å². The van der Waals surface area contributed by atoms with E-state index in [1.807, 2.05) is 6.92 Å². The molecule has 0 spiro atoms. The van der Waals surface area contributed by atoms with Crippen LogP contribution in [-0.2, 0) is 0 Å². The zero-order chi connectivity index (χ0) is 11.7. The van der Waals surface area contributed by atoms with Gasteiger partial charge in [-0.3, -0.25) is 4.79 Å². The smallest absolute Gasteiger partial charge is 0.264 e. The number of halogens is 1. The Labute approximate surface area is 109 Å². The van der Waals surface area contributed by atoms with E-state index in [9.17, 15) is 4.79 Å². The van der Waals surface area contributed by atoms with Gasteiger partial charge in [0.25, 0.3) is 5.56 Å². The Morgan fingerprint density at radius 2 is 1.94 bits per heavy atom. The van der Waals surface area contributed by atoms with E-state index < -0.39 is 0 Å². The molecule has 1 fully saturated rings. The van der Waals surface area contributed by atoms with Crippen LogP contribution in [0.5, 0.6) is 0 Å². The first kappa shape index (κ1) is 12.1. The molecule has 88 valence electrons. The number of nitrogens with one attached hydrogen (secondary N) is 1. The Hall–Kier alpha value is -0.390. The molecule has 1 saturated carbocycles. The highest BCUT2D eigenvalue weighted by Crippen LogP contribution is 2.33. The number of H-pyrrole nitrogens is 1. The molecule has 3 nitrogen and oxygen atoms in total. The number of aryl methyl sites for hydroxylation is 1. The van der Waals surface area contributed by atoms with Gasteiger partial charge in [-0.15, -0.1) is 0 Å². The van der Waals surface area contributed by atoms with Crippen molar-refractivity contribution in [3.05, 3.63) is 25.4 Å². The molecule has 1 aliphatic carbocycles. The summed E-state index contributed by atoms with van der Waals surface area (Å²) in [6, 6.07) is 0. The third-order valence-corrected chi connectivity index (χ3v) is 4.72. The molecule has 4 heteroatoms. The van der Waals surface area contributed by atoms with E-state index in [0.29, 0.717) is 9.49 Å². The fourth-order valence-electron chi connectivity index (χ4n) is 2.32. The number of hydrogen-bond donors (Lipinski definition) is 1. The SMILES string of the molecule is Cc1nc(C2CCC(C)CC2)[nH]c(=O)c1I. The molecule has 0 bridgehead atoms. The minimum Gasteiger partial charge on any atom is -0.309 e. The van der Waals surface area contributed by atoms with Gasteiger partial charge < -0.3 is 4.98 Å². The van der Waals surface area contributed by atoms with Crippen LogP contribution >= 0.6 is 22.6 Å². The minimum absolute atomic E-state index is 0.0155. The van der Waals surface area contributed by atoms with Crippen LogP contribution < -0.4 is 5.56 Å². The summed E-state index contributed by atoms with van der Waals surface area (Å²) in [6.45, 7) is 4.21. The first-order valence-electron chi connectivity index (χ1n) is 5.84. The number of hydrogen-bond acceptors (Lipinski definition) is 2. The number of aromatic amines is 1. The lowest BCUT2D eigenvalue weighted by Gasteiger charge is -2.25. The van der Waals surface area contributed by atoms with Gasteiger partial charge in [0.1, 0.15) is 5.82 Å². The highest BCUT2D eigenvalue weighted by molar-refractivity contribution is 14.1. The number of rotatable bonds is 1. The van der Waals surface area contributed by atoms with Crippen LogP contribution in [0, 0.1) is 16.4 Å². The molecule has 1 aromatic heterocycles. The summed E-state index contributed by atoms with van der Waals surface area (Å²) in [5, 5.41) is 0. The fraction of sp³-hybridized carbons (Fsp3) is 0.667. The molecular weight excluding hydrogens is 315 g/mol. The van der Waals surface area contributed by atoms with Crippen molar-refractivity contribution in [1.82, 2.24) is 9.97 Å². The van der Waals surface area contributed by atoms with Crippen molar-refractivity contribution in [1.29, 1.82) is 0 Å². The second-order valence-corrected chi connectivity index (χ2v) is 5.89. The summed E-state index contributed by atoms with van der Waals surface area (Å²) < 4.78 is 0.713. The summed E-state index contributed by atoms with van der Waals surface area (Å²) >= 11 is 2.05. The summed E-state index contributed by atoms with van der Waals surface area (Å²) in [6.07, 6.45) is 4.81. The fourth-order valence-corrected chi connectivity index (χ4v) is 2.58. The average Bonchev–Trinajstić information content (AvgIpc) is 2.26. The molecule has 0 radical (unpaired) electrons. The first-order valence-corrected chi connectivity index (χ1v) is 6.92. The van der Waals surface area contributed by atoms with Crippen LogP contribution in [0.25, 0.3) is 0 Å². The molecule has 1 N–H and O–H groups in total. The molecular formula is C12H17IN2O. The van der Waals surface area contributed by atoms with Crippen molar-refractivity contribution in [2.75, 3.05) is 0 Å². The highest BCUT2D eigenvalue weighted by Gasteiger charge is 2.22. The van der Waals surface area contributed by atoms with E-state index in [2.05, 4.69) is 39.5 Å². The monoisotopic (exact) mass is 332 g/mol. The predicted octanol–water partition coefficient (Wildman–Crippen LogP) is 2.98. The Bertz CT molecular complexity index is 433. The van der Waals surface area contributed by atoms with Gasteiger partial charge in [0.05, 0.1) is 9.26 Å². The van der Waals surface area contributed by atoms with E-state index in [1.165, 1.54) is 12.8 Å². The molecule has 0 unspecified atom stereocenters. The van der Waals surface area contributed by atoms with E-state index in [1.54, 1.807) is 0 Å². The second-order valence-electron chi connectivity index (χ2n) is 4.81. The highest BCUT2D eigenvalue weighted by atomic mass is 127. The van der Waals surface area contributed by atoms with Crippen molar-refractivity contribution in [2.45, 2.75) is 45.4 Å². The van der Waals surface area contributed by atoms with Crippen molar-refractivity contribution < 1.29 is 0 Å². The Kier molecular flexibility index (Phi) is 3.66. The lowest BCUT2D eigenvalue weighted by Crippen LogP contribution is -2.21. The third-order valence-electron chi connectivity index (χ3n) is 3.45. The average molecular weight is 332 g/mol. The predicted molar refractivity (Wildman–Crippen MR) is 72.7 cm³/mol. The largest absolute Gasteiger partial charge is 0.309 e. The Morgan fingerprint density at radius 3 is 2.50 bits per heavy atom. The maximum Gasteiger partial charge on any atom is 0.264 e. The lowest BCUT2D eigenvalue weighted by molar-refractivity contribution is 0.339. The van der Waals surface area contributed by atoms with Crippen LogP contribution in [0.4, 0.5) is 0 Å². The molecule has 1 aromatic rings. The topological polar surface area (TPSA) is 45.8 Å². The molecule has 2 rings (SSSR count). The molecule has 1 aliphatic rings. The van der Waals surface area contributed by atoms with Crippen molar-refractivity contribution in [3.8, 4) is 0 Å². The summed E-state index contributed by atoms with van der Waals surface area (Å²) in [5.41, 5.74) is 0.875. The second kappa shape index (κ2) is 4.85. The van der Waals surface area contributed by atoms with E-state index in [0.717, 1.165) is 30.3 Å². The van der Waals surface area contributed by atoms with E-state index >= 15 is 0 Å². The van der Waals surface area contributed by atoms with E-state index in [4.69, 9.17) is 0 Å². The molecule has 16 heavy (non-hydrogen) atoms. The van der Waals surface area contributed by atoms with Gasteiger partial charge in [-0.25, -0.2) is 4.98 Å². The maximum atomic E-state index is 11.7. The minimum atomic E-state index is 0.0155. The molecule has 0 amide bonds. The zero-order valence-electron chi connectivity index (χ0n) is 9.72. The Morgan fingerprint density at radius 1 is 1.31 bits per heavy atom. The molecule has 0 atom stereocenters. The van der Waals surface area contributed by atoms with Crippen LogP contribution in [0.1, 0.15) is 50.0 Å². The molecule has 0 saturated heterocycles. The van der Waals surface area contributed by atoms with Gasteiger partial charge in [-0.1, -0.05) is 19.8 Å². The molecule has 0 aliphatic heterocycles. The van der Waals surface area contributed by atoms with Gasteiger partial charge in [0.15, 0.2) is 0 Å². The van der Waals surface area contributed by atoms with Crippen molar-refractivity contribution in [3.63, 3.8) is 0 Å². The summed E-state index contributed by atoms with van der Waals surface area (Å²) in [5.74, 6) is 2.18. The maximum absolute atomic E-state index is 11.7. The Balaban J connectivity index is 2.24. The van der Waals surface area contributed by atoms with E-state index in [-0.39, 0.29) is 5.56 Å². The molecule has 0 aromatic carbocycles. The standard InChI is InChI=1S/C12H17IN2O/c1-7-3-5-9(6-4-7)11-14-8(2)10(13)12(16)15-11/h7,9H,3-6H2,1-2H3,(H,14,15,16). The molecule has 1 heterocycles. The van der Waals surface area contributed by atoms with Crippen LogP contribution in [0.3, 0.4) is 0 Å². The number of nitrogens with zero attached hydrogens (tertiary/aromatic N) is 1. The van der Waals surface area contributed by atoms with Gasteiger partial charge in [-0.2, -0.15) is 0 Å². The third kappa shape index (κ3) is 2.47. The summed E-state index contributed by atoms with van der Waals surface area (Å²) in [4.78, 5) is 19.1. The first-order chi connectivity index (χ1) is 7.58. The quantitative estimate of drug-likeness (QED) is 0.804. The van der Waals surface area contributed by atoms with Crippen molar-refractivity contribution in [2.24, 2.45) is 5.92 Å². The van der Waals surface area contributed by atoms with Crippen LogP contribution in [-0.4, -0.2) is 9.97 Å². The lowest BCUT2D eigenvalue weighted by atomic mass is 9.82. The van der Waals surface area contributed by atoms with Crippen molar-refractivity contribution >= 4 is 22.6 Å². The van der Waals surface area contributed by atoms with Gasteiger partial charge in [-0.05, 0) is 48.3 Å². The van der Waals surface area contributed by atoms with Gasteiger partial charge >= 0.3 is 0 Å². The normalized spacial score (nSPS) is 25.7. The zero-order valence-corrected chi connectivity index (χ0v) is 11.9. The van der Waals surface area contributed by atoms with Crippen LogP contribution in [0.2, 0.25) is 0 Å².